The molecule has 0 aromatic heterocycles. The Labute approximate surface area is 143 Å². The molecule has 24 heavy (non-hydrogen) atoms. The van der Waals surface area contributed by atoms with Crippen LogP contribution in [-0.2, 0) is 4.74 Å². The smallest absolute Gasteiger partial charge is 0.319 e. The molecule has 0 aliphatic carbocycles. The van der Waals surface area contributed by atoms with Crippen molar-refractivity contribution in [3.8, 4) is 11.5 Å². The second-order valence-corrected chi connectivity index (χ2v) is 5.26. The number of nitrogens with one attached hydrogen (secondary N) is 2. The number of carbonyl (C=O) groups is 1. The first-order valence-electron chi connectivity index (χ1n) is 8.24. The van der Waals surface area contributed by atoms with E-state index >= 15 is 0 Å². The van der Waals surface area contributed by atoms with Crippen LogP contribution in [0.15, 0.2) is 54.6 Å². The average molecular weight is 328 g/mol. The summed E-state index contributed by atoms with van der Waals surface area (Å²) in [6, 6.07) is 16.6. The number of benzene rings is 2. The fraction of sp³-hybridized carbons (Fsp3) is 0.316. The van der Waals surface area contributed by atoms with E-state index in [0.717, 1.165) is 25.2 Å². The van der Waals surface area contributed by atoms with Gasteiger partial charge in [0.25, 0.3) is 0 Å². The van der Waals surface area contributed by atoms with E-state index in [9.17, 15) is 4.79 Å². The van der Waals surface area contributed by atoms with E-state index in [4.69, 9.17) is 9.47 Å². The first-order chi connectivity index (χ1) is 11.8. The molecular weight excluding hydrogens is 304 g/mol. The third-order valence-electron chi connectivity index (χ3n) is 3.21. The molecule has 0 fully saturated rings. The lowest BCUT2D eigenvalue weighted by molar-refractivity contribution is 0.132. The summed E-state index contributed by atoms with van der Waals surface area (Å²) < 4.78 is 11.2. The molecule has 2 N–H and O–H groups in total. The van der Waals surface area contributed by atoms with Crippen LogP contribution >= 0.6 is 0 Å². The molecule has 5 nitrogen and oxygen atoms in total. The summed E-state index contributed by atoms with van der Waals surface area (Å²) in [6.07, 6.45) is 1.79. The first-order valence-corrected chi connectivity index (χ1v) is 8.24. The highest BCUT2D eigenvalue weighted by Crippen LogP contribution is 2.28. The second-order valence-electron chi connectivity index (χ2n) is 5.26. The van der Waals surface area contributed by atoms with Crippen LogP contribution in [0.4, 0.5) is 10.5 Å². The van der Waals surface area contributed by atoms with E-state index in [0.29, 0.717) is 24.6 Å². The topological polar surface area (TPSA) is 59.6 Å². The number of hydrogen-bond acceptors (Lipinski definition) is 3. The van der Waals surface area contributed by atoms with Crippen molar-refractivity contribution in [3.63, 3.8) is 0 Å². The highest BCUT2D eigenvalue weighted by molar-refractivity contribution is 5.90. The third-order valence-corrected chi connectivity index (χ3v) is 3.21. The van der Waals surface area contributed by atoms with E-state index < -0.39 is 0 Å². The van der Waals surface area contributed by atoms with Gasteiger partial charge >= 0.3 is 6.03 Å². The molecule has 0 heterocycles. The van der Waals surface area contributed by atoms with Crippen LogP contribution in [0, 0.1) is 0 Å². The van der Waals surface area contributed by atoms with E-state index in [1.54, 1.807) is 0 Å². The van der Waals surface area contributed by atoms with Crippen LogP contribution in [0.5, 0.6) is 11.5 Å². The summed E-state index contributed by atoms with van der Waals surface area (Å²) in [7, 11) is 0. The Morgan fingerprint density at radius 1 is 1.00 bits per heavy atom. The Hall–Kier alpha value is -2.53. The molecule has 2 rings (SSSR count). The predicted octanol–water partition coefficient (Wildman–Crippen LogP) is 4.42. The lowest BCUT2D eigenvalue weighted by Gasteiger charge is -2.13. The van der Waals surface area contributed by atoms with Crippen molar-refractivity contribution in [2.75, 3.05) is 25.1 Å². The number of hydrogen-bond donors (Lipinski definition) is 2. The normalized spacial score (nSPS) is 10.2. The summed E-state index contributed by atoms with van der Waals surface area (Å²) in [5.41, 5.74) is 0.626. The maximum absolute atomic E-state index is 12.0. The number of amides is 2. The predicted molar refractivity (Wildman–Crippen MR) is 95.7 cm³/mol. The molecule has 0 bridgehead atoms. The molecule has 128 valence electrons. The van der Waals surface area contributed by atoms with Crippen LogP contribution in [-0.4, -0.2) is 25.8 Å². The molecule has 2 amide bonds. The van der Waals surface area contributed by atoms with Crippen molar-refractivity contribution < 1.29 is 14.3 Å². The summed E-state index contributed by atoms with van der Waals surface area (Å²) in [4.78, 5) is 12.0. The number of para-hydroxylation sites is 3. The molecular formula is C19H24N2O3. The zero-order valence-electron chi connectivity index (χ0n) is 14.0. The average Bonchev–Trinajstić information content (AvgIpc) is 2.61. The van der Waals surface area contributed by atoms with Crippen molar-refractivity contribution in [2.45, 2.75) is 19.8 Å². The van der Waals surface area contributed by atoms with Gasteiger partial charge in [-0.1, -0.05) is 37.3 Å². The molecule has 0 unspecified atom stereocenters. The van der Waals surface area contributed by atoms with Gasteiger partial charge in [-0.2, -0.15) is 0 Å². The Bertz CT molecular complexity index is 617. The van der Waals surface area contributed by atoms with Crippen LogP contribution in [0.1, 0.15) is 19.8 Å². The van der Waals surface area contributed by atoms with Gasteiger partial charge in [-0.25, -0.2) is 4.79 Å². The lowest BCUT2D eigenvalue weighted by atomic mass is 10.3. The molecule has 0 saturated carbocycles. The summed E-state index contributed by atoms with van der Waals surface area (Å²) in [5.74, 6) is 1.32. The van der Waals surface area contributed by atoms with E-state index in [-0.39, 0.29) is 6.03 Å². The van der Waals surface area contributed by atoms with Crippen molar-refractivity contribution in [1.82, 2.24) is 5.32 Å². The fourth-order valence-corrected chi connectivity index (χ4v) is 2.06. The van der Waals surface area contributed by atoms with Crippen LogP contribution in [0.25, 0.3) is 0 Å². The Morgan fingerprint density at radius 2 is 1.75 bits per heavy atom. The summed E-state index contributed by atoms with van der Waals surface area (Å²) in [6.45, 7) is 4.05. The third kappa shape index (κ3) is 6.30. The number of carbonyl (C=O) groups excluding carboxylic acids is 1. The number of urea groups is 1. The molecule has 0 spiro atoms. The fourth-order valence-electron chi connectivity index (χ4n) is 2.06. The maximum atomic E-state index is 12.0. The molecule has 2 aromatic carbocycles. The highest BCUT2D eigenvalue weighted by Gasteiger charge is 2.07. The molecule has 0 aliphatic rings. The minimum atomic E-state index is -0.255. The Kier molecular flexibility index (Phi) is 7.63. The lowest BCUT2D eigenvalue weighted by Crippen LogP contribution is -2.30. The van der Waals surface area contributed by atoms with Gasteiger partial charge in [0, 0.05) is 19.8 Å². The summed E-state index contributed by atoms with van der Waals surface area (Å²) >= 11 is 0. The van der Waals surface area contributed by atoms with E-state index in [2.05, 4.69) is 17.6 Å². The number of anilines is 1. The van der Waals surface area contributed by atoms with Crippen molar-refractivity contribution >= 4 is 11.7 Å². The first kappa shape index (κ1) is 17.8. The van der Waals surface area contributed by atoms with Gasteiger partial charge in [0.2, 0.25) is 0 Å². The van der Waals surface area contributed by atoms with Crippen molar-refractivity contribution in [1.29, 1.82) is 0 Å². The van der Waals surface area contributed by atoms with Gasteiger partial charge in [0.05, 0.1) is 5.69 Å². The molecule has 0 radical (unpaired) electrons. The van der Waals surface area contributed by atoms with Gasteiger partial charge < -0.3 is 20.1 Å². The summed E-state index contributed by atoms with van der Waals surface area (Å²) in [5, 5.41) is 5.63. The molecule has 0 atom stereocenters. The Balaban J connectivity index is 1.82. The minimum absolute atomic E-state index is 0.255. The van der Waals surface area contributed by atoms with Gasteiger partial charge in [-0.3, -0.25) is 0 Å². The van der Waals surface area contributed by atoms with E-state index in [1.165, 1.54) is 0 Å². The molecule has 5 heteroatoms. The van der Waals surface area contributed by atoms with E-state index in [1.807, 2.05) is 54.6 Å². The van der Waals surface area contributed by atoms with Crippen LogP contribution in [0.2, 0.25) is 0 Å². The van der Waals surface area contributed by atoms with Gasteiger partial charge in [-0.05, 0) is 37.1 Å². The highest BCUT2D eigenvalue weighted by atomic mass is 16.5. The minimum Gasteiger partial charge on any atom is -0.455 e. The van der Waals surface area contributed by atoms with Gasteiger partial charge in [0.15, 0.2) is 5.75 Å². The number of rotatable bonds is 9. The second kappa shape index (κ2) is 10.3. The van der Waals surface area contributed by atoms with Crippen molar-refractivity contribution in [3.05, 3.63) is 54.6 Å². The quantitative estimate of drug-likeness (QED) is 0.670. The standard InChI is InChI=1S/C19H24N2O3/c1-2-14-23-15-8-13-20-19(22)21-17-11-6-7-12-18(17)24-16-9-4-3-5-10-16/h3-7,9-12H,2,8,13-15H2,1H3,(H2,20,21,22). The van der Waals surface area contributed by atoms with Crippen LogP contribution in [0.3, 0.4) is 0 Å². The van der Waals surface area contributed by atoms with Crippen molar-refractivity contribution in [2.24, 2.45) is 0 Å². The van der Waals surface area contributed by atoms with Gasteiger partial charge in [-0.15, -0.1) is 0 Å². The van der Waals surface area contributed by atoms with Crippen LogP contribution < -0.4 is 15.4 Å². The molecule has 2 aromatic rings. The Morgan fingerprint density at radius 3 is 2.54 bits per heavy atom. The number of ether oxygens (including phenoxy) is 2. The SMILES string of the molecule is CCCOCCCNC(=O)Nc1ccccc1Oc1ccccc1. The zero-order chi connectivity index (χ0) is 17.0. The largest absolute Gasteiger partial charge is 0.455 e. The molecule has 0 aliphatic heterocycles. The monoisotopic (exact) mass is 328 g/mol. The molecule has 0 saturated heterocycles. The van der Waals surface area contributed by atoms with Gasteiger partial charge in [0.1, 0.15) is 5.75 Å². The zero-order valence-corrected chi connectivity index (χ0v) is 14.0. The maximum Gasteiger partial charge on any atom is 0.319 e.